The van der Waals surface area contributed by atoms with E-state index < -0.39 is 0 Å². The van der Waals surface area contributed by atoms with Gasteiger partial charge in [0.15, 0.2) is 0 Å². The number of hydrogen-bond acceptors (Lipinski definition) is 0. The van der Waals surface area contributed by atoms with Gasteiger partial charge in [0.1, 0.15) is 0 Å². The molecule has 0 saturated heterocycles. The van der Waals surface area contributed by atoms with Crippen molar-refractivity contribution in [1.29, 1.82) is 0 Å². The molecule has 0 amide bonds. The third-order valence-electron chi connectivity index (χ3n) is 11.2. The zero-order valence-electron chi connectivity index (χ0n) is 28.5. The van der Waals surface area contributed by atoms with E-state index >= 15 is 0 Å². The van der Waals surface area contributed by atoms with Crippen LogP contribution in [0, 0.1) is 0 Å². The molecule has 11 rings (SSSR count). The topological polar surface area (TPSA) is 0 Å². The summed E-state index contributed by atoms with van der Waals surface area (Å²) in [6.45, 7) is 0. The third-order valence-corrected chi connectivity index (χ3v) is 11.2. The molecule has 0 saturated carbocycles. The lowest BCUT2D eigenvalue weighted by atomic mass is 9.84. The Kier molecular flexibility index (Phi) is 6.35. The van der Waals surface area contributed by atoms with E-state index in [-0.39, 0.29) is 0 Å². The molecule has 10 aromatic rings. The van der Waals surface area contributed by atoms with Crippen molar-refractivity contribution < 1.29 is 0 Å². The first kappa shape index (κ1) is 29.0. The van der Waals surface area contributed by atoms with Crippen molar-refractivity contribution >= 4 is 43.1 Å². The van der Waals surface area contributed by atoms with Crippen LogP contribution >= 0.6 is 0 Å². The van der Waals surface area contributed by atoms with Crippen LogP contribution in [0.25, 0.3) is 110 Å². The first-order valence-corrected chi connectivity index (χ1v) is 18.1. The molecule has 0 nitrogen and oxygen atoms in total. The molecule has 240 valence electrons. The molecule has 52 heavy (non-hydrogen) atoms. The minimum atomic E-state index is 1.22. The van der Waals surface area contributed by atoms with E-state index in [0.717, 1.165) is 0 Å². The molecular formula is C52H32. The second kappa shape index (κ2) is 11.4. The predicted octanol–water partition coefficient (Wildman–Crippen LogP) is 14.6. The van der Waals surface area contributed by atoms with Gasteiger partial charge in [-0.15, -0.1) is 0 Å². The lowest BCUT2D eigenvalue weighted by molar-refractivity contribution is 1.61. The van der Waals surface area contributed by atoms with Crippen LogP contribution in [-0.2, 0) is 0 Å². The van der Waals surface area contributed by atoms with Gasteiger partial charge in [0, 0.05) is 0 Å². The largest absolute Gasteiger partial charge is 0.0616 e. The fourth-order valence-corrected chi connectivity index (χ4v) is 8.85. The number of fused-ring (bicyclic) bond motifs is 8. The van der Waals surface area contributed by atoms with Crippen molar-refractivity contribution in [1.82, 2.24) is 0 Å². The van der Waals surface area contributed by atoms with Gasteiger partial charge in [0.05, 0.1) is 0 Å². The van der Waals surface area contributed by atoms with E-state index in [1.807, 2.05) is 0 Å². The van der Waals surface area contributed by atoms with Crippen molar-refractivity contribution in [3.8, 4) is 66.8 Å². The van der Waals surface area contributed by atoms with Crippen molar-refractivity contribution in [3.05, 3.63) is 194 Å². The van der Waals surface area contributed by atoms with Gasteiger partial charge < -0.3 is 0 Å². The lowest BCUT2D eigenvalue weighted by Crippen LogP contribution is -1.92. The molecule has 10 aromatic carbocycles. The summed E-state index contributed by atoms with van der Waals surface area (Å²) in [6.07, 6.45) is 0. The van der Waals surface area contributed by atoms with Crippen LogP contribution in [0.5, 0.6) is 0 Å². The average Bonchev–Trinajstić information content (AvgIpc) is 3.33. The van der Waals surface area contributed by atoms with E-state index in [1.54, 1.807) is 0 Å². The zero-order valence-corrected chi connectivity index (χ0v) is 28.5. The molecule has 0 spiro atoms. The highest BCUT2D eigenvalue weighted by atomic mass is 14.3. The maximum atomic E-state index is 2.45. The van der Waals surface area contributed by atoms with Gasteiger partial charge in [-0.05, 0) is 122 Å². The molecule has 0 heteroatoms. The van der Waals surface area contributed by atoms with E-state index in [0.29, 0.717) is 0 Å². The van der Waals surface area contributed by atoms with Crippen LogP contribution in [0.15, 0.2) is 194 Å². The molecule has 0 bridgehead atoms. The number of benzene rings is 10. The van der Waals surface area contributed by atoms with E-state index in [4.69, 9.17) is 0 Å². The Bertz CT molecular complexity index is 2990. The van der Waals surface area contributed by atoms with Crippen LogP contribution in [-0.4, -0.2) is 0 Å². The highest BCUT2D eigenvalue weighted by molar-refractivity contribution is 6.22. The first-order chi connectivity index (χ1) is 25.8. The van der Waals surface area contributed by atoms with Gasteiger partial charge >= 0.3 is 0 Å². The summed E-state index contributed by atoms with van der Waals surface area (Å²) in [6, 6.07) is 71.9. The molecule has 0 radical (unpaired) electrons. The van der Waals surface area contributed by atoms with Crippen LogP contribution in [0.1, 0.15) is 0 Å². The second-order valence-corrected chi connectivity index (χ2v) is 14.0. The maximum Gasteiger partial charge on any atom is -0.00261 e. The standard InChI is InChI=1S/C52H32/c1-2-12-37-31-38(28-25-33(37)11-1)34-23-26-36(27-24-34)51-44-17-5-7-19-46(44)52(47-20-8-6-18-45(47)51)39-29-30-42-40-15-3-4-16-41(40)43-21-9-13-35-14-10-22-48(50(35)43)49(42)32-39/h1-32H. The van der Waals surface area contributed by atoms with Gasteiger partial charge in [-0.25, -0.2) is 0 Å². The normalized spacial score (nSPS) is 11.8. The van der Waals surface area contributed by atoms with Crippen molar-refractivity contribution in [2.45, 2.75) is 0 Å². The molecule has 0 N–H and O–H groups in total. The monoisotopic (exact) mass is 656 g/mol. The lowest BCUT2D eigenvalue weighted by Gasteiger charge is -2.19. The van der Waals surface area contributed by atoms with Crippen LogP contribution < -0.4 is 0 Å². The SMILES string of the molecule is c1ccc2c(c1)-c1ccc(-c3c4ccccc4c(-c4ccc(-c5ccc6ccccc6c5)cc4)c4ccccc34)cc1-c1cccc3cccc-2c13. The smallest absolute Gasteiger partial charge is 0.00261 e. The molecule has 1 aliphatic rings. The average molecular weight is 657 g/mol. The Labute approximate surface area is 302 Å². The molecule has 0 aromatic heterocycles. The first-order valence-electron chi connectivity index (χ1n) is 18.1. The Morgan fingerprint density at radius 3 is 1.33 bits per heavy atom. The van der Waals surface area contributed by atoms with Gasteiger partial charge in [-0.2, -0.15) is 0 Å². The minimum Gasteiger partial charge on any atom is -0.0616 e. The van der Waals surface area contributed by atoms with Crippen molar-refractivity contribution in [2.24, 2.45) is 0 Å². The highest BCUT2D eigenvalue weighted by Gasteiger charge is 2.23. The number of hydrogen-bond donors (Lipinski definition) is 0. The summed E-state index contributed by atoms with van der Waals surface area (Å²) in [5, 5.41) is 10.2. The number of rotatable bonds is 3. The molecular weight excluding hydrogens is 625 g/mol. The van der Waals surface area contributed by atoms with Crippen LogP contribution in [0.2, 0.25) is 0 Å². The molecule has 0 unspecified atom stereocenters. The highest BCUT2D eigenvalue weighted by Crippen LogP contribution is 2.50. The molecule has 0 heterocycles. The predicted molar refractivity (Wildman–Crippen MR) is 223 cm³/mol. The Morgan fingerprint density at radius 1 is 0.212 bits per heavy atom. The van der Waals surface area contributed by atoms with Crippen LogP contribution in [0.4, 0.5) is 0 Å². The summed E-state index contributed by atoms with van der Waals surface area (Å²) < 4.78 is 0. The summed E-state index contributed by atoms with van der Waals surface area (Å²) >= 11 is 0. The van der Waals surface area contributed by atoms with Gasteiger partial charge in [0.25, 0.3) is 0 Å². The van der Waals surface area contributed by atoms with E-state index in [2.05, 4.69) is 194 Å². The molecule has 0 atom stereocenters. The summed E-state index contributed by atoms with van der Waals surface area (Å²) in [5.74, 6) is 0. The molecule has 0 fully saturated rings. The second-order valence-electron chi connectivity index (χ2n) is 14.0. The third kappa shape index (κ3) is 4.35. The maximum absolute atomic E-state index is 2.45. The van der Waals surface area contributed by atoms with E-state index in [1.165, 1.54) is 110 Å². The van der Waals surface area contributed by atoms with Crippen molar-refractivity contribution in [3.63, 3.8) is 0 Å². The quantitative estimate of drug-likeness (QED) is 0.166. The Morgan fingerprint density at radius 2 is 0.654 bits per heavy atom. The van der Waals surface area contributed by atoms with Crippen LogP contribution in [0.3, 0.4) is 0 Å². The fourth-order valence-electron chi connectivity index (χ4n) is 8.85. The van der Waals surface area contributed by atoms with Gasteiger partial charge in [-0.3, -0.25) is 0 Å². The fraction of sp³-hybridized carbons (Fsp3) is 0. The van der Waals surface area contributed by atoms with Gasteiger partial charge in [-0.1, -0.05) is 182 Å². The Balaban J connectivity index is 1.13. The minimum absolute atomic E-state index is 1.22. The summed E-state index contributed by atoms with van der Waals surface area (Å²) in [5.41, 5.74) is 15.2. The summed E-state index contributed by atoms with van der Waals surface area (Å²) in [7, 11) is 0. The summed E-state index contributed by atoms with van der Waals surface area (Å²) in [4.78, 5) is 0. The van der Waals surface area contributed by atoms with Crippen molar-refractivity contribution in [2.75, 3.05) is 0 Å². The van der Waals surface area contributed by atoms with E-state index in [9.17, 15) is 0 Å². The molecule has 1 aliphatic carbocycles. The zero-order chi connectivity index (χ0) is 34.2. The van der Waals surface area contributed by atoms with Gasteiger partial charge in [0.2, 0.25) is 0 Å². The molecule has 0 aliphatic heterocycles. The Hall–Kier alpha value is -6.76.